The van der Waals surface area contributed by atoms with Crippen molar-refractivity contribution in [1.29, 1.82) is 0 Å². The van der Waals surface area contributed by atoms with Crippen LogP contribution in [0, 0.1) is 10.1 Å². The molecule has 0 radical (unpaired) electrons. The monoisotopic (exact) mass is 317 g/mol. The molecule has 0 heterocycles. The Labute approximate surface area is 132 Å². The van der Waals surface area contributed by atoms with Crippen LogP contribution in [0.15, 0.2) is 71.1 Å². The lowest BCUT2D eigenvalue weighted by Crippen LogP contribution is -1.88. The lowest BCUT2D eigenvalue weighted by atomic mass is 10.2. The molecule has 0 aliphatic rings. The van der Waals surface area contributed by atoms with Gasteiger partial charge < -0.3 is 0 Å². The molecule has 108 valence electrons. The van der Waals surface area contributed by atoms with Crippen LogP contribution in [-0.4, -0.2) is 4.92 Å². The molecule has 2 aromatic rings. The van der Waals surface area contributed by atoms with E-state index >= 15 is 0 Å². The fourth-order valence-electron chi connectivity index (χ4n) is 1.66. The fourth-order valence-corrected chi connectivity index (χ4v) is 3.67. The predicted octanol–water partition coefficient (Wildman–Crippen LogP) is 4.93. The molecular formula is C16H15NO2S2. The second-order valence-electron chi connectivity index (χ2n) is 4.28. The Morgan fingerprint density at radius 3 is 1.71 bits per heavy atom. The highest BCUT2D eigenvalue weighted by atomic mass is 32.2. The third kappa shape index (κ3) is 6.06. The first-order valence-electron chi connectivity index (χ1n) is 6.43. The Bertz CT molecular complexity index is 555. The van der Waals surface area contributed by atoms with E-state index in [-0.39, 0.29) is 4.92 Å². The Kier molecular flexibility index (Phi) is 6.37. The van der Waals surface area contributed by atoms with Crippen molar-refractivity contribution in [1.82, 2.24) is 0 Å². The molecule has 5 heteroatoms. The number of nitrogens with zero attached hydrogens (tertiary/aromatic N) is 1. The number of hydrogen-bond donors (Lipinski definition) is 0. The van der Waals surface area contributed by atoms with Crippen LogP contribution in [0.2, 0.25) is 0 Å². The zero-order chi connectivity index (χ0) is 14.9. The second kappa shape index (κ2) is 8.54. The van der Waals surface area contributed by atoms with Gasteiger partial charge in [-0.3, -0.25) is 10.1 Å². The smallest absolute Gasteiger partial charge is 0.254 e. The van der Waals surface area contributed by atoms with E-state index in [2.05, 4.69) is 0 Å². The third-order valence-corrected chi connectivity index (χ3v) is 5.10. The Morgan fingerprint density at radius 1 is 0.905 bits per heavy atom. The Balaban J connectivity index is 1.94. The van der Waals surface area contributed by atoms with Crippen LogP contribution in [-0.2, 0) is 11.5 Å². The maximum absolute atomic E-state index is 10.7. The molecule has 0 amide bonds. The van der Waals surface area contributed by atoms with Crippen molar-refractivity contribution in [2.24, 2.45) is 0 Å². The molecule has 2 aromatic carbocycles. The largest absolute Gasteiger partial charge is 0.259 e. The zero-order valence-electron chi connectivity index (χ0n) is 11.3. The highest BCUT2D eigenvalue weighted by Crippen LogP contribution is 2.33. The van der Waals surface area contributed by atoms with Crippen molar-refractivity contribution in [3.63, 3.8) is 0 Å². The molecule has 0 saturated heterocycles. The van der Waals surface area contributed by atoms with E-state index in [9.17, 15) is 10.1 Å². The summed E-state index contributed by atoms with van der Waals surface area (Å²) in [7, 11) is 0. The SMILES string of the molecule is O=[N+]([O-])C=C(SCc1ccccc1)SCc1ccccc1. The maximum atomic E-state index is 10.7. The van der Waals surface area contributed by atoms with E-state index < -0.39 is 0 Å². The molecule has 0 unspecified atom stereocenters. The van der Waals surface area contributed by atoms with Gasteiger partial charge in [0.05, 0.1) is 4.92 Å². The van der Waals surface area contributed by atoms with Crippen molar-refractivity contribution in [3.05, 3.63) is 92.3 Å². The average molecular weight is 317 g/mol. The minimum absolute atomic E-state index is 0.384. The molecule has 21 heavy (non-hydrogen) atoms. The molecule has 0 spiro atoms. The summed E-state index contributed by atoms with van der Waals surface area (Å²) in [6.45, 7) is 0. The van der Waals surface area contributed by atoms with Gasteiger partial charge in [-0.05, 0) is 11.1 Å². The van der Waals surface area contributed by atoms with Crippen LogP contribution in [0.5, 0.6) is 0 Å². The van der Waals surface area contributed by atoms with Gasteiger partial charge in [-0.2, -0.15) is 0 Å². The quantitative estimate of drug-likeness (QED) is 0.536. The minimum atomic E-state index is -0.384. The molecule has 0 aromatic heterocycles. The Hall–Kier alpha value is -1.72. The van der Waals surface area contributed by atoms with E-state index in [1.807, 2.05) is 60.7 Å². The van der Waals surface area contributed by atoms with Crippen molar-refractivity contribution < 1.29 is 4.92 Å². The standard InChI is InChI=1S/C16H15NO2S2/c18-17(19)11-16(20-12-14-7-3-1-4-8-14)21-13-15-9-5-2-6-10-15/h1-11H,12-13H2. The van der Waals surface area contributed by atoms with Gasteiger partial charge in [0.1, 0.15) is 4.24 Å². The van der Waals surface area contributed by atoms with E-state index in [0.717, 1.165) is 33.1 Å². The van der Waals surface area contributed by atoms with Gasteiger partial charge in [0.15, 0.2) is 0 Å². The van der Waals surface area contributed by atoms with Crippen molar-refractivity contribution in [2.45, 2.75) is 11.5 Å². The van der Waals surface area contributed by atoms with Crippen LogP contribution < -0.4 is 0 Å². The van der Waals surface area contributed by atoms with Gasteiger partial charge in [-0.25, -0.2) is 0 Å². The molecular weight excluding hydrogens is 302 g/mol. The fraction of sp³-hybridized carbons (Fsp3) is 0.125. The number of nitro groups is 1. The molecule has 0 aliphatic heterocycles. The van der Waals surface area contributed by atoms with Gasteiger partial charge in [0, 0.05) is 11.5 Å². The van der Waals surface area contributed by atoms with E-state index in [1.165, 1.54) is 23.5 Å². The summed E-state index contributed by atoms with van der Waals surface area (Å²) in [6, 6.07) is 19.9. The molecule has 0 fully saturated rings. The summed E-state index contributed by atoms with van der Waals surface area (Å²) in [6.07, 6.45) is 1.10. The summed E-state index contributed by atoms with van der Waals surface area (Å²) >= 11 is 3.01. The summed E-state index contributed by atoms with van der Waals surface area (Å²) in [4.78, 5) is 10.4. The molecule has 0 N–H and O–H groups in total. The lowest BCUT2D eigenvalue weighted by Gasteiger charge is -2.05. The zero-order valence-corrected chi connectivity index (χ0v) is 13.0. The molecule has 0 saturated carbocycles. The lowest BCUT2D eigenvalue weighted by molar-refractivity contribution is -0.402. The topological polar surface area (TPSA) is 43.1 Å². The van der Waals surface area contributed by atoms with Crippen LogP contribution in [0.25, 0.3) is 0 Å². The summed E-state index contributed by atoms with van der Waals surface area (Å²) < 4.78 is 0.729. The highest BCUT2D eigenvalue weighted by Gasteiger charge is 2.06. The number of thioether (sulfide) groups is 2. The molecule has 0 aliphatic carbocycles. The van der Waals surface area contributed by atoms with Crippen LogP contribution in [0.4, 0.5) is 0 Å². The van der Waals surface area contributed by atoms with Gasteiger partial charge >= 0.3 is 0 Å². The van der Waals surface area contributed by atoms with E-state index in [1.54, 1.807) is 0 Å². The molecule has 2 rings (SSSR count). The first kappa shape index (κ1) is 15.7. The number of benzene rings is 2. The number of rotatable bonds is 7. The maximum Gasteiger partial charge on any atom is 0.254 e. The number of hydrogen-bond acceptors (Lipinski definition) is 4. The molecule has 0 atom stereocenters. The van der Waals surface area contributed by atoms with Crippen molar-refractivity contribution in [3.8, 4) is 0 Å². The molecule has 0 bridgehead atoms. The van der Waals surface area contributed by atoms with Crippen LogP contribution >= 0.6 is 23.5 Å². The van der Waals surface area contributed by atoms with E-state index in [0.29, 0.717) is 0 Å². The normalized spacial score (nSPS) is 10.1. The van der Waals surface area contributed by atoms with Crippen molar-refractivity contribution >= 4 is 23.5 Å². The highest BCUT2D eigenvalue weighted by molar-refractivity contribution is 8.21. The van der Waals surface area contributed by atoms with Crippen LogP contribution in [0.1, 0.15) is 11.1 Å². The van der Waals surface area contributed by atoms with Gasteiger partial charge in [0.25, 0.3) is 6.20 Å². The Morgan fingerprint density at radius 2 is 1.33 bits per heavy atom. The van der Waals surface area contributed by atoms with E-state index in [4.69, 9.17) is 0 Å². The third-order valence-electron chi connectivity index (χ3n) is 2.66. The van der Waals surface area contributed by atoms with Crippen LogP contribution in [0.3, 0.4) is 0 Å². The minimum Gasteiger partial charge on any atom is -0.259 e. The van der Waals surface area contributed by atoms with Gasteiger partial charge in [0.2, 0.25) is 0 Å². The summed E-state index contributed by atoms with van der Waals surface area (Å²) in [5.74, 6) is 1.48. The average Bonchev–Trinajstić information content (AvgIpc) is 2.51. The van der Waals surface area contributed by atoms with Crippen molar-refractivity contribution in [2.75, 3.05) is 0 Å². The first-order chi connectivity index (χ1) is 10.2. The van der Waals surface area contributed by atoms with Gasteiger partial charge in [-0.1, -0.05) is 60.7 Å². The predicted molar refractivity (Wildman–Crippen MR) is 90.6 cm³/mol. The summed E-state index contributed by atoms with van der Waals surface area (Å²) in [5.41, 5.74) is 2.33. The first-order valence-corrected chi connectivity index (χ1v) is 8.40. The molecule has 3 nitrogen and oxygen atoms in total. The van der Waals surface area contributed by atoms with Gasteiger partial charge in [-0.15, -0.1) is 23.5 Å². The summed E-state index contributed by atoms with van der Waals surface area (Å²) in [5, 5.41) is 10.7. The second-order valence-corrected chi connectivity index (χ2v) is 6.57.